The molecule has 0 spiro atoms. The molecule has 0 bridgehead atoms. The van der Waals surface area contributed by atoms with Gasteiger partial charge in [-0.1, -0.05) is 0 Å². The summed E-state index contributed by atoms with van der Waals surface area (Å²) in [5, 5.41) is 0.765. The molecule has 0 amide bonds. The molecule has 0 aliphatic rings. The third-order valence-corrected chi connectivity index (χ3v) is 16.2. The summed E-state index contributed by atoms with van der Waals surface area (Å²) < 4.78 is 13.4. The van der Waals surface area contributed by atoms with Crippen molar-refractivity contribution in [2.45, 2.75) is 6.16 Å². The van der Waals surface area contributed by atoms with Gasteiger partial charge in [0.05, 0.1) is 0 Å². The summed E-state index contributed by atoms with van der Waals surface area (Å²) in [7, 11) is 0. The number of rotatable bonds is 7. The molecule has 0 heterocycles. The molecule has 0 N–H and O–H groups in total. The summed E-state index contributed by atoms with van der Waals surface area (Å²) in [6.45, 7) is 0. The third-order valence-electron chi connectivity index (χ3n) is 6.73. The van der Waals surface area contributed by atoms with Gasteiger partial charge in [0.25, 0.3) is 0 Å². The average Bonchev–Trinajstić information content (AvgIpc) is 2.95. The Bertz CT molecular complexity index is 1360. The van der Waals surface area contributed by atoms with Gasteiger partial charge >= 0.3 is 221 Å². The summed E-state index contributed by atoms with van der Waals surface area (Å²) in [5.74, 6) is -0.224. The molecule has 0 nitrogen and oxygen atoms in total. The molecule has 0 aliphatic heterocycles. The Hall–Kier alpha value is -3.32. The molecule has 178 valence electrons. The van der Waals surface area contributed by atoms with Crippen LogP contribution in [-0.4, -0.2) is 0 Å². The van der Waals surface area contributed by atoms with Crippen LogP contribution >= 0.6 is 20.8 Å². The molecule has 5 aromatic rings. The SMILES string of the molecule is Fc1ccc(/C=C/c2ccccc2CP(Br)(c2ccccc2)(c2ccccc2)c2ccccc2)cc1. The van der Waals surface area contributed by atoms with Crippen LogP contribution in [0, 0.1) is 5.82 Å². The second kappa shape index (κ2) is 10.3. The third kappa shape index (κ3) is 4.60. The first-order chi connectivity index (χ1) is 17.6. The van der Waals surface area contributed by atoms with Gasteiger partial charge < -0.3 is 0 Å². The zero-order chi connectivity index (χ0) is 24.9. The standard InChI is InChI=1S/C33H27BrFP/c34-36(31-14-4-1-5-15-31,32-16-6-2-7-17-32,33-18-8-3-9-19-33)26-29-13-11-10-12-28(29)23-20-27-21-24-30(35)25-22-27/h1-25H,26H2/b23-20+. The first-order valence-electron chi connectivity index (χ1n) is 12.0. The van der Waals surface area contributed by atoms with Crippen LogP contribution in [0.5, 0.6) is 0 Å². The van der Waals surface area contributed by atoms with Crippen molar-refractivity contribution in [1.29, 1.82) is 0 Å². The maximum atomic E-state index is 13.4. The van der Waals surface area contributed by atoms with Crippen molar-refractivity contribution in [1.82, 2.24) is 0 Å². The number of hydrogen-bond acceptors (Lipinski definition) is 0. The van der Waals surface area contributed by atoms with E-state index in [1.165, 1.54) is 33.6 Å². The Kier molecular flexibility index (Phi) is 7.01. The van der Waals surface area contributed by atoms with Crippen LogP contribution in [-0.2, 0) is 6.16 Å². The molecule has 36 heavy (non-hydrogen) atoms. The molecular weight excluding hydrogens is 526 g/mol. The van der Waals surface area contributed by atoms with Crippen LogP contribution in [0.4, 0.5) is 4.39 Å². The van der Waals surface area contributed by atoms with Gasteiger partial charge in [0.15, 0.2) is 0 Å². The van der Waals surface area contributed by atoms with Crippen LogP contribution in [0.25, 0.3) is 12.2 Å². The summed E-state index contributed by atoms with van der Waals surface area (Å²) in [6.07, 6.45) is 5.00. The first-order valence-corrected chi connectivity index (χ1v) is 16.4. The monoisotopic (exact) mass is 552 g/mol. The molecule has 5 aromatic carbocycles. The van der Waals surface area contributed by atoms with Crippen LogP contribution < -0.4 is 15.9 Å². The van der Waals surface area contributed by atoms with E-state index in [1.54, 1.807) is 12.1 Å². The minimum atomic E-state index is -3.11. The molecule has 0 saturated carbocycles. The topological polar surface area (TPSA) is 0 Å². The average molecular weight is 553 g/mol. The van der Waals surface area contributed by atoms with Gasteiger partial charge in [0.1, 0.15) is 0 Å². The van der Waals surface area contributed by atoms with Crippen molar-refractivity contribution in [3.63, 3.8) is 0 Å². The van der Waals surface area contributed by atoms with Gasteiger partial charge in [-0.2, -0.15) is 0 Å². The second-order valence-corrected chi connectivity index (χ2v) is 17.9. The Morgan fingerprint density at radius 3 is 1.47 bits per heavy atom. The van der Waals surface area contributed by atoms with E-state index in [0.717, 1.165) is 17.3 Å². The molecule has 0 saturated heterocycles. The minimum absolute atomic E-state index is 0.224. The van der Waals surface area contributed by atoms with E-state index in [2.05, 4.69) is 143 Å². The van der Waals surface area contributed by atoms with Crippen molar-refractivity contribution in [2.24, 2.45) is 0 Å². The summed E-state index contributed by atoms with van der Waals surface area (Å²) >= 11 is 4.56. The molecule has 0 unspecified atom stereocenters. The zero-order valence-corrected chi connectivity index (χ0v) is 22.3. The fraction of sp³-hybridized carbons (Fsp3) is 0.0303. The van der Waals surface area contributed by atoms with Gasteiger partial charge in [0, 0.05) is 0 Å². The molecule has 0 aliphatic carbocycles. The molecule has 5 rings (SSSR count). The normalized spacial score (nSPS) is 12.8. The van der Waals surface area contributed by atoms with Crippen LogP contribution in [0.15, 0.2) is 140 Å². The Morgan fingerprint density at radius 2 is 0.972 bits per heavy atom. The number of hydrogen-bond donors (Lipinski definition) is 0. The summed E-state index contributed by atoms with van der Waals surface area (Å²) in [5.41, 5.74) is 3.37. The molecular formula is C33H27BrFP. The Morgan fingerprint density at radius 1 is 0.528 bits per heavy atom. The fourth-order valence-electron chi connectivity index (χ4n) is 4.86. The van der Waals surface area contributed by atoms with E-state index in [1.807, 2.05) is 0 Å². The van der Waals surface area contributed by atoms with Crippen molar-refractivity contribution in [3.05, 3.63) is 162 Å². The van der Waals surface area contributed by atoms with E-state index in [0.29, 0.717) is 0 Å². The Labute approximate surface area is 220 Å². The molecule has 0 atom stereocenters. The second-order valence-electron chi connectivity index (χ2n) is 8.93. The molecule has 0 aromatic heterocycles. The fourth-order valence-corrected chi connectivity index (χ4v) is 12.5. The van der Waals surface area contributed by atoms with E-state index < -0.39 is 5.31 Å². The van der Waals surface area contributed by atoms with E-state index in [4.69, 9.17) is 0 Å². The van der Waals surface area contributed by atoms with Crippen molar-refractivity contribution >= 4 is 48.9 Å². The van der Waals surface area contributed by atoms with Crippen molar-refractivity contribution < 1.29 is 4.39 Å². The Balaban J connectivity index is 1.72. The van der Waals surface area contributed by atoms with Gasteiger partial charge in [-0.05, 0) is 0 Å². The molecule has 3 heteroatoms. The number of benzene rings is 5. The summed E-state index contributed by atoms with van der Waals surface area (Å²) in [6, 6.07) is 47.7. The van der Waals surface area contributed by atoms with Crippen LogP contribution in [0.1, 0.15) is 16.7 Å². The van der Waals surface area contributed by atoms with Gasteiger partial charge in [-0.3, -0.25) is 0 Å². The zero-order valence-electron chi connectivity index (χ0n) is 19.8. The van der Waals surface area contributed by atoms with Crippen LogP contribution in [0.2, 0.25) is 0 Å². The molecule has 0 fully saturated rings. The predicted octanol–water partition coefficient (Wildman–Crippen LogP) is 8.34. The van der Waals surface area contributed by atoms with Gasteiger partial charge in [-0.25, -0.2) is 0 Å². The quantitative estimate of drug-likeness (QED) is 0.140. The van der Waals surface area contributed by atoms with E-state index >= 15 is 0 Å². The predicted molar refractivity (Wildman–Crippen MR) is 160 cm³/mol. The van der Waals surface area contributed by atoms with E-state index in [9.17, 15) is 4.39 Å². The maximum absolute atomic E-state index is 13.4. The van der Waals surface area contributed by atoms with E-state index in [-0.39, 0.29) is 5.82 Å². The van der Waals surface area contributed by atoms with Crippen molar-refractivity contribution in [2.75, 3.05) is 0 Å². The molecule has 0 radical (unpaired) electrons. The van der Waals surface area contributed by atoms with Crippen molar-refractivity contribution in [3.8, 4) is 0 Å². The summed E-state index contributed by atoms with van der Waals surface area (Å²) in [4.78, 5) is 0. The van der Waals surface area contributed by atoms with Crippen LogP contribution in [0.3, 0.4) is 0 Å². The first kappa shape index (κ1) is 24.4. The van der Waals surface area contributed by atoms with Gasteiger partial charge in [0.2, 0.25) is 0 Å². The number of halogens is 2. The van der Waals surface area contributed by atoms with Gasteiger partial charge in [-0.15, -0.1) is 0 Å².